The van der Waals surface area contributed by atoms with Crippen molar-refractivity contribution in [2.24, 2.45) is 0 Å². The molecule has 0 saturated carbocycles. The second-order valence-electron chi connectivity index (χ2n) is 3.46. The molecule has 0 aliphatic rings. The van der Waals surface area contributed by atoms with E-state index in [0.29, 0.717) is 0 Å². The summed E-state index contributed by atoms with van der Waals surface area (Å²) >= 11 is 11.8. The van der Waals surface area contributed by atoms with E-state index >= 15 is 0 Å². The fourth-order valence-electron chi connectivity index (χ4n) is 1.40. The number of hydrogen-bond donors (Lipinski definition) is 1. The molecule has 17 heavy (non-hydrogen) atoms. The zero-order valence-electron chi connectivity index (χ0n) is 8.99. The number of benzene rings is 2. The van der Waals surface area contributed by atoms with E-state index in [1.165, 1.54) is 5.56 Å². The van der Waals surface area contributed by atoms with E-state index in [4.69, 9.17) is 23.2 Å². The van der Waals surface area contributed by atoms with E-state index in [-0.39, 0.29) is 12.4 Å². The van der Waals surface area contributed by atoms with Crippen molar-refractivity contribution in [1.82, 2.24) is 0 Å². The van der Waals surface area contributed by atoms with Crippen LogP contribution in [0.25, 0.3) is 0 Å². The second kappa shape index (κ2) is 6.75. The predicted molar refractivity (Wildman–Crippen MR) is 77.5 cm³/mol. The van der Waals surface area contributed by atoms with Crippen molar-refractivity contribution in [1.29, 1.82) is 0 Å². The Kier molecular flexibility index (Phi) is 5.63. The number of nitrogens with one attached hydrogen (secondary N) is 1. The Hall–Kier alpha value is -0.890. The van der Waals surface area contributed by atoms with Crippen LogP contribution in [0.2, 0.25) is 10.0 Å². The van der Waals surface area contributed by atoms with Crippen molar-refractivity contribution in [2.45, 2.75) is 6.54 Å². The molecule has 0 aliphatic heterocycles. The van der Waals surface area contributed by atoms with E-state index in [1.807, 2.05) is 48.5 Å². The summed E-state index contributed by atoms with van der Waals surface area (Å²) in [5.74, 6) is 0. The van der Waals surface area contributed by atoms with Gasteiger partial charge in [-0.15, -0.1) is 12.4 Å². The molecule has 2 rings (SSSR count). The Balaban J connectivity index is 0.00000144. The Morgan fingerprint density at radius 1 is 0.882 bits per heavy atom. The van der Waals surface area contributed by atoms with Gasteiger partial charge in [0.25, 0.3) is 0 Å². The Labute approximate surface area is 117 Å². The van der Waals surface area contributed by atoms with Crippen LogP contribution in [-0.4, -0.2) is 0 Å². The molecule has 0 radical (unpaired) electrons. The smallest absolute Gasteiger partial charge is 0.0637 e. The lowest BCUT2D eigenvalue weighted by molar-refractivity contribution is 1.15. The summed E-state index contributed by atoms with van der Waals surface area (Å²) in [6, 6.07) is 15.4. The first-order chi connectivity index (χ1) is 7.75. The van der Waals surface area contributed by atoms with Crippen molar-refractivity contribution in [2.75, 3.05) is 5.32 Å². The van der Waals surface area contributed by atoms with Crippen LogP contribution in [0, 0.1) is 0 Å². The highest BCUT2D eigenvalue weighted by Gasteiger charge is 1.98. The standard InChI is InChI=1S/C13H11Cl2N.ClH/c14-11-7-5-10(6-8-11)9-16-13-4-2-1-3-12(13)15;/h1-8,16H,9H2;1H. The number of hydrogen-bond acceptors (Lipinski definition) is 1. The lowest BCUT2D eigenvalue weighted by Gasteiger charge is -2.08. The summed E-state index contributed by atoms with van der Waals surface area (Å²) in [5.41, 5.74) is 2.11. The van der Waals surface area contributed by atoms with Gasteiger partial charge < -0.3 is 5.32 Å². The van der Waals surface area contributed by atoms with Crippen molar-refractivity contribution >= 4 is 41.3 Å². The van der Waals surface area contributed by atoms with Crippen LogP contribution in [0.1, 0.15) is 5.56 Å². The van der Waals surface area contributed by atoms with E-state index in [0.717, 1.165) is 22.3 Å². The second-order valence-corrected chi connectivity index (χ2v) is 4.30. The maximum Gasteiger partial charge on any atom is 0.0637 e. The molecule has 2 aromatic carbocycles. The molecule has 1 nitrogen and oxygen atoms in total. The van der Waals surface area contributed by atoms with Gasteiger partial charge in [-0.2, -0.15) is 0 Å². The fraction of sp³-hybridized carbons (Fsp3) is 0.0769. The van der Waals surface area contributed by atoms with Gasteiger partial charge in [0.15, 0.2) is 0 Å². The minimum absolute atomic E-state index is 0. The normalized spacial score (nSPS) is 9.53. The Morgan fingerprint density at radius 3 is 2.18 bits per heavy atom. The first-order valence-electron chi connectivity index (χ1n) is 4.98. The minimum Gasteiger partial charge on any atom is -0.380 e. The van der Waals surface area contributed by atoms with E-state index in [2.05, 4.69) is 5.32 Å². The SMILES string of the molecule is Cl.Clc1ccc(CNc2ccccc2Cl)cc1. The average molecular weight is 289 g/mol. The number of halogens is 3. The van der Waals surface area contributed by atoms with Crippen LogP contribution >= 0.6 is 35.6 Å². The molecule has 1 N–H and O–H groups in total. The molecular formula is C13H12Cl3N. The summed E-state index contributed by atoms with van der Waals surface area (Å²) in [6.45, 7) is 0.737. The molecule has 0 aromatic heterocycles. The largest absolute Gasteiger partial charge is 0.380 e. The molecule has 0 aliphatic carbocycles. The van der Waals surface area contributed by atoms with Gasteiger partial charge in [0.2, 0.25) is 0 Å². The monoisotopic (exact) mass is 287 g/mol. The highest BCUT2D eigenvalue weighted by atomic mass is 35.5. The van der Waals surface area contributed by atoms with Gasteiger partial charge in [0.05, 0.1) is 10.7 Å². The quantitative estimate of drug-likeness (QED) is 0.835. The van der Waals surface area contributed by atoms with Crippen LogP contribution in [0.5, 0.6) is 0 Å². The molecule has 90 valence electrons. The predicted octanol–water partition coefficient (Wildman–Crippen LogP) is 5.03. The summed E-state index contributed by atoms with van der Waals surface area (Å²) in [7, 11) is 0. The molecule has 0 amide bonds. The van der Waals surface area contributed by atoms with Crippen molar-refractivity contribution < 1.29 is 0 Å². The van der Waals surface area contributed by atoms with E-state index < -0.39 is 0 Å². The minimum atomic E-state index is 0. The van der Waals surface area contributed by atoms with Gasteiger partial charge in [0, 0.05) is 11.6 Å². The molecule has 0 saturated heterocycles. The van der Waals surface area contributed by atoms with Gasteiger partial charge in [-0.25, -0.2) is 0 Å². The third kappa shape index (κ3) is 4.12. The highest BCUT2D eigenvalue weighted by molar-refractivity contribution is 6.33. The van der Waals surface area contributed by atoms with Crippen molar-refractivity contribution in [3.8, 4) is 0 Å². The van der Waals surface area contributed by atoms with Gasteiger partial charge >= 0.3 is 0 Å². The molecule has 0 unspecified atom stereocenters. The Bertz CT molecular complexity index is 468. The van der Waals surface area contributed by atoms with Crippen LogP contribution in [0.15, 0.2) is 48.5 Å². The maximum absolute atomic E-state index is 6.03. The lowest BCUT2D eigenvalue weighted by Crippen LogP contribution is -1.99. The summed E-state index contributed by atoms with van der Waals surface area (Å²) in [4.78, 5) is 0. The van der Waals surface area contributed by atoms with E-state index in [9.17, 15) is 0 Å². The molecule has 0 bridgehead atoms. The first kappa shape index (κ1) is 14.2. The molecule has 2 aromatic rings. The van der Waals surface area contributed by atoms with Gasteiger partial charge in [0.1, 0.15) is 0 Å². The Morgan fingerprint density at radius 2 is 1.53 bits per heavy atom. The van der Waals surface area contributed by atoms with Crippen molar-refractivity contribution in [3.05, 3.63) is 64.1 Å². The molecule has 0 atom stereocenters. The average Bonchev–Trinajstić information content (AvgIpc) is 2.30. The number of para-hydroxylation sites is 1. The van der Waals surface area contributed by atoms with Crippen molar-refractivity contribution in [3.63, 3.8) is 0 Å². The van der Waals surface area contributed by atoms with Crippen LogP contribution in [0.4, 0.5) is 5.69 Å². The van der Waals surface area contributed by atoms with Crippen LogP contribution < -0.4 is 5.32 Å². The highest BCUT2D eigenvalue weighted by Crippen LogP contribution is 2.21. The molecule has 0 spiro atoms. The van der Waals surface area contributed by atoms with E-state index in [1.54, 1.807) is 0 Å². The first-order valence-corrected chi connectivity index (χ1v) is 5.74. The van der Waals surface area contributed by atoms with Crippen LogP contribution in [0.3, 0.4) is 0 Å². The fourth-order valence-corrected chi connectivity index (χ4v) is 1.73. The summed E-state index contributed by atoms with van der Waals surface area (Å²) in [6.07, 6.45) is 0. The van der Waals surface area contributed by atoms with Gasteiger partial charge in [-0.05, 0) is 29.8 Å². The van der Waals surface area contributed by atoms with Gasteiger partial charge in [-0.3, -0.25) is 0 Å². The van der Waals surface area contributed by atoms with Gasteiger partial charge in [-0.1, -0.05) is 47.5 Å². The number of rotatable bonds is 3. The maximum atomic E-state index is 6.03. The summed E-state index contributed by atoms with van der Waals surface area (Å²) < 4.78 is 0. The molecule has 0 fully saturated rings. The van der Waals surface area contributed by atoms with Crippen LogP contribution in [-0.2, 0) is 6.54 Å². The molecule has 4 heteroatoms. The molecule has 0 heterocycles. The zero-order chi connectivity index (χ0) is 11.4. The number of anilines is 1. The molecular weight excluding hydrogens is 277 g/mol. The third-order valence-electron chi connectivity index (χ3n) is 2.27. The topological polar surface area (TPSA) is 12.0 Å². The third-order valence-corrected chi connectivity index (χ3v) is 2.85. The lowest BCUT2D eigenvalue weighted by atomic mass is 10.2. The zero-order valence-corrected chi connectivity index (χ0v) is 11.3. The summed E-state index contributed by atoms with van der Waals surface area (Å²) in [5, 5.41) is 4.76.